The molecule has 5 nitrogen and oxygen atoms in total. The largest absolute Gasteiger partial charge is 0.382 e. The van der Waals surface area contributed by atoms with Crippen LogP contribution in [-0.4, -0.2) is 29.1 Å². The molecule has 0 radical (unpaired) electrons. The van der Waals surface area contributed by atoms with Gasteiger partial charge in [0.1, 0.15) is 11.6 Å². The summed E-state index contributed by atoms with van der Waals surface area (Å²) in [7, 11) is 1.64. The SMILES string of the molecule is COC(C)CCC(=O)Nc1ccnc(C(C)(C)C)n1. The van der Waals surface area contributed by atoms with Crippen LogP contribution in [0.2, 0.25) is 0 Å². The van der Waals surface area contributed by atoms with E-state index >= 15 is 0 Å². The van der Waals surface area contributed by atoms with Crippen LogP contribution < -0.4 is 5.32 Å². The van der Waals surface area contributed by atoms with E-state index in [0.717, 1.165) is 5.82 Å². The minimum absolute atomic E-state index is 0.0533. The van der Waals surface area contributed by atoms with Gasteiger partial charge < -0.3 is 10.1 Å². The Kier molecular flexibility index (Phi) is 5.42. The maximum atomic E-state index is 11.8. The normalized spacial score (nSPS) is 13.1. The van der Waals surface area contributed by atoms with E-state index in [4.69, 9.17) is 4.74 Å². The molecule has 0 fully saturated rings. The quantitative estimate of drug-likeness (QED) is 0.888. The zero-order valence-corrected chi connectivity index (χ0v) is 12.4. The average molecular weight is 265 g/mol. The lowest BCUT2D eigenvalue weighted by Gasteiger charge is -2.17. The van der Waals surface area contributed by atoms with E-state index in [0.29, 0.717) is 18.7 Å². The minimum Gasteiger partial charge on any atom is -0.382 e. The van der Waals surface area contributed by atoms with Crippen molar-refractivity contribution in [1.82, 2.24) is 9.97 Å². The number of aromatic nitrogens is 2. The maximum absolute atomic E-state index is 11.8. The first-order valence-electron chi connectivity index (χ1n) is 6.49. The van der Waals surface area contributed by atoms with E-state index in [9.17, 15) is 4.79 Å². The van der Waals surface area contributed by atoms with Gasteiger partial charge in [0.2, 0.25) is 5.91 Å². The van der Waals surface area contributed by atoms with Gasteiger partial charge in [-0.25, -0.2) is 9.97 Å². The van der Waals surface area contributed by atoms with Crippen molar-refractivity contribution in [2.45, 2.75) is 52.1 Å². The van der Waals surface area contributed by atoms with Crippen molar-refractivity contribution in [3.63, 3.8) is 0 Å². The Balaban J connectivity index is 2.60. The molecule has 0 aliphatic carbocycles. The standard InChI is InChI=1S/C14H23N3O2/c1-10(19-5)6-7-12(18)16-11-8-9-15-13(17-11)14(2,3)4/h8-10H,6-7H2,1-5H3,(H,15,16,17,18). The van der Waals surface area contributed by atoms with Crippen LogP contribution in [0.1, 0.15) is 46.4 Å². The highest BCUT2D eigenvalue weighted by Crippen LogP contribution is 2.18. The van der Waals surface area contributed by atoms with E-state index in [1.165, 1.54) is 0 Å². The molecule has 0 saturated heterocycles. The summed E-state index contributed by atoms with van der Waals surface area (Å²) < 4.78 is 5.11. The third kappa shape index (κ3) is 5.34. The number of rotatable bonds is 5. The number of amides is 1. The number of methoxy groups -OCH3 is 1. The smallest absolute Gasteiger partial charge is 0.225 e. The molecule has 1 unspecified atom stereocenters. The second-order valence-corrected chi connectivity index (χ2v) is 5.65. The van der Waals surface area contributed by atoms with Crippen molar-refractivity contribution >= 4 is 11.7 Å². The van der Waals surface area contributed by atoms with Gasteiger partial charge in [-0.3, -0.25) is 4.79 Å². The molecular weight excluding hydrogens is 242 g/mol. The number of hydrogen-bond donors (Lipinski definition) is 1. The number of ether oxygens (including phenoxy) is 1. The Morgan fingerprint density at radius 1 is 1.47 bits per heavy atom. The third-order valence-corrected chi connectivity index (χ3v) is 2.77. The van der Waals surface area contributed by atoms with Gasteiger partial charge in [0.25, 0.3) is 0 Å². The first kappa shape index (κ1) is 15.6. The zero-order valence-electron chi connectivity index (χ0n) is 12.4. The van der Waals surface area contributed by atoms with Gasteiger partial charge >= 0.3 is 0 Å². The Morgan fingerprint density at radius 2 is 2.16 bits per heavy atom. The monoisotopic (exact) mass is 265 g/mol. The molecule has 0 spiro atoms. The second kappa shape index (κ2) is 6.61. The van der Waals surface area contributed by atoms with Crippen molar-refractivity contribution in [2.24, 2.45) is 0 Å². The molecule has 0 aromatic carbocycles. The molecule has 1 aromatic rings. The van der Waals surface area contributed by atoms with Gasteiger partial charge in [0, 0.05) is 25.1 Å². The lowest BCUT2D eigenvalue weighted by Crippen LogP contribution is -2.19. The summed E-state index contributed by atoms with van der Waals surface area (Å²) >= 11 is 0. The van der Waals surface area contributed by atoms with Gasteiger partial charge in [-0.15, -0.1) is 0 Å². The fraction of sp³-hybridized carbons (Fsp3) is 0.643. The lowest BCUT2D eigenvalue weighted by molar-refractivity contribution is -0.116. The summed E-state index contributed by atoms with van der Waals surface area (Å²) in [5.41, 5.74) is -0.134. The van der Waals surface area contributed by atoms with Gasteiger partial charge in [0.15, 0.2) is 0 Å². The molecule has 0 saturated carbocycles. The predicted molar refractivity (Wildman–Crippen MR) is 75.1 cm³/mol. The highest BCUT2D eigenvalue weighted by Gasteiger charge is 2.17. The van der Waals surface area contributed by atoms with E-state index in [-0.39, 0.29) is 17.4 Å². The first-order valence-corrected chi connectivity index (χ1v) is 6.49. The van der Waals surface area contributed by atoms with Gasteiger partial charge in [0.05, 0.1) is 6.10 Å². The molecule has 1 N–H and O–H groups in total. The van der Waals surface area contributed by atoms with E-state index in [1.807, 2.05) is 27.7 Å². The van der Waals surface area contributed by atoms with E-state index in [1.54, 1.807) is 19.4 Å². The van der Waals surface area contributed by atoms with Gasteiger partial charge in [-0.05, 0) is 19.4 Å². The fourth-order valence-corrected chi connectivity index (χ4v) is 1.45. The lowest BCUT2D eigenvalue weighted by atomic mass is 9.96. The van der Waals surface area contributed by atoms with Crippen LogP contribution in [0.3, 0.4) is 0 Å². The molecule has 1 amide bonds. The fourth-order valence-electron chi connectivity index (χ4n) is 1.45. The molecule has 1 rings (SSSR count). The summed E-state index contributed by atoms with van der Waals surface area (Å²) in [6.07, 6.45) is 2.87. The van der Waals surface area contributed by atoms with E-state index in [2.05, 4.69) is 15.3 Å². The second-order valence-electron chi connectivity index (χ2n) is 5.65. The highest BCUT2D eigenvalue weighted by atomic mass is 16.5. The van der Waals surface area contributed by atoms with Crippen molar-refractivity contribution in [1.29, 1.82) is 0 Å². The molecule has 5 heteroatoms. The molecular formula is C14H23N3O2. The predicted octanol–water partition coefficient (Wildman–Crippen LogP) is 2.53. The summed E-state index contributed by atoms with van der Waals surface area (Å²) in [6.45, 7) is 8.05. The molecule has 0 bridgehead atoms. The van der Waals surface area contributed by atoms with Gasteiger partial charge in [-0.2, -0.15) is 0 Å². The summed E-state index contributed by atoms with van der Waals surface area (Å²) in [5, 5.41) is 2.79. The Labute approximate surface area is 114 Å². The molecule has 0 aliphatic heterocycles. The summed E-state index contributed by atoms with van der Waals surface area (Å²) in [6, 6.07) is 1.70. The first-order chi connectivity index (χ1) is 8.82. The molecule has 1 aromatic heterocycles. The molecule has 19 heavy (non-hydrogen) atoms. The molecule has 106 valence electrons. The number of nitrogens with zero attached hydrogens (tertiary/aromatic N) is 2. The van der Waals surface area contributed by atoms with Crippen molar-refractivity contribution in [3.8, 4) is 0 Å². The van der Waals surface area contributed by atoms with Crippen LogP contribution in [0.4, 0.5) is 5.82 Å². The van der Waals surface area contributed by atoms with Crippen LogP contribution >= 0.6 is 0 Å². The number of carbonyl (C=O) groups excluding carboxylic acids is 1. The zero-order chi connectivity index (χ0) is 14.5. The average Bonchev–Trinajstić information content (AvgIpc) is 2.35. The third-order valence-electron chi connectivity index (χ3n) is 2.77. The summed E-state index contributed by atoms with van der Waals surface area (Å²) in [4.78, 5) is 20.3. The number of hydrogen-bond acceptors (Lipinski definition) is 4. The minimum atomic E-state index is -0.134. The number of nitrogens with one attached hydrogen (secondary N) is 1. The molecule has 0 aliphatic rings. The maximum Gasteiger partial charge on any atom is 0.225 e. The van der Waals surface area contributed by atoms with Crippen LogP contribution in [0.25, 0.3) is 0 Å². The van der Waals surface area contributed by atoms with Crippen LogP contribution in [0, 0.1) is 0 Å². The van der Waals surface area contributed by atoms with Crippen LogP contribution in [0.5, 0.6) is 0 Å². The van der Waals surface area contributed by atoms with Crippen LogP contribution in [0.15, 0.2) is 12.3 Å². The topological polar surface area (TPSA) is 64.1 Å². The van der Waals surface area contributed by atoms with Crippen molar-refractivity contribution in [3.05, 3.63) is 18.1 Å². The van der Waals surface area contributed by atoms with Gasteiger partial charge in [-0.1, -0.05) is 20.8 Å². The number of carbonyl (C=O) groups is 1. The highest BCUT2D eigenvalue weighted by molar-refractivity contribution is 5.89. The van der Waals surface area contributed by atoms with Crippen LogP contribution in [-0.2, 0) is 14.9 Å². The number of anilines is 1. The Bertz CT molecular complexity index is 427. The Morgan fingerprint density at radius 3 is 2.74 bits per heavy atom. The van der Waals surface area contributed by atoms with Crippen molar-refractivity contribution < 1.29 is 9.53 Å². The summed E-state index contributed by atoms with van der Waals surface area (Å²) in [5.74, 6) is 1.22. The molecule has 1 heterocycles. The van der Waals surface area contributed by atoms with Crippen molar-refractivity contribution in [2.75, 3.05) is 12.4 Å². The Hall–Kier alpha value is -1.49. The molecule has 1 atom stereocenters. The van der Waals surface area contributed by atoms with E-state index < -0.39 is 0 Å².